The SMILES string of the molecule is Cc1ccc(-c2nc3cc(N=Cc4ccc(O)cc4O)ccc3o2)cc1. The van der Waals surface area contributed by atoms with E-state index >= 15 is 0 Å². The lowest BCUT2D eigenvalue weighted by Gasteiger charge is -1.99. The van der Waals surface area contributed by atoms with E-state index in [1.54, 1.807) is 6.07 Å². The van der Waals surface area contributed by atoms with Gasteiger partial charge in [0.1, 0.15) is 17.0 Å². The van der Waals surface area contributed by atoms with Crippen LogP contribution < -0.4 is 0 Å². The molecule has 26 heavy (non-hydrogen) atoms. The van der Waals surface area contributed by atoms with Gasteiger partial charge in [-0.3, -0.25) is 4.99 Å². The molecule has 2 N–H and O–H groups in total. The minimum atomic E-state index is -0.0297. The summed E-state index contributed by atoms with van der Waals surface area (Å²) in [6.45, 7) is 2.03. The van der Waals surface area contributed by atoms with Crippen LogP contribution in [0.5, 0.6) is 11.5 Å². The van der Waals surface area contributed by atoms with Crippen LogP contribution in [0.15, 0.2) is 70.1 Å². The van der Waals surface area contributed by atoms with Crippen molar-refractivity contribution in [2.45, 2.75) is 6.92 Å². The molecule has 0 spiro atoms. The van der Waals surface area contributed by atoms with Gasteiger partial charge in [0, 0.05) is 23.4 Å². The Morgan fingerprint density at radius 3 is 2.54 bits per heavy atom. The number of aromatic hydroxyl groups is 2. The van der Waals surface area contributed by atoms with Gasteiger partial charge in [-0.1, -0.05) is 17.7 Å². The zero-order chi connectivity index (χ0) is 18.1. The van der Waals surface area contributed by atoms with Crippen LogP contribution in [0.2, 0.25) is 0 Å². The van der Waals surface area contributed by atoms with Crippen LogP contribution in [-0.2, 0) is 0 Å². The van der Waals surface area contributed by atoms with Gasteiger partial charge in [-0.2, -0.15) is 0 Å². The first-order chi connectivity index (χ1) is 12.6. The Kier molecular flexibility index (Phi) is 3.89. The lowest BCUT2D eigenvalue weighted by atomic mass is 10.1. The maximum Gasteiger partial charge on any atom is 0.227 e. The molecule has 4 rings (SSSR count). The molecule has 0 aliphatic heterocycles. The van der Waals surface area contributed by atoms with E-state index in [1.165, 1.54) is 23.9 Å². The molecule has 3 aromatic carbocycles. The van der Waals surface area contributed by atoms with Crippen molar-refractivity contribution in [3.8, 4) is 23.0 Å². The van der Waals surface area contributed by atoms with E-state index in [2.05, 4.69) is 9.98 Å². The molecule has 0 saturated carbocycles. The van der Waals surface area contributed by atoms with Crippen LogP contribution in [0.3, 0.4) is 0 Å². The molecule has 0 aliphatic rings. The predicted octanol–water partition coefficient (Wildman–Crippen LogP) is 4.97. The number of nitrogens with zero attached hydrogens (tertiary/aromatic N) is 2. The minimum absolute atomic E-state index is 0.00676. The zero-order valence-corrected chi connectivity index (χ0v) is 14.0. The van der Waals surface area contributed by atoms with Crippen molar-refractivity contribution < 1.29 is 14.6 Å². The van der Waals surface area contributed by atoms with Crippen molar-refractivity contribution in [3.63, 3.8) is 0 Å². The lowest BCUT2D eigenvalue weighted by molar-refractivity contribution is 0.450. The van der Waals surface area contributed by atoms with Gasteiger partial charge in [0.2, 0.25) is 5.89 Å². The largest absolute Gasteiger partial charge is 0.508 e. The van der Waals surface area contributed by atoms with Gasteiger partial charge in [0.05, 0.1) is 5.69 Å². The highest BCUT2D eigenvalue weighted by molar-refractivity contribution is 5.87. The highest BCUT2D eigenvalue weighted by Crippen LogP contribution is 2.28. The van der Waals surface area contributed by atoms with E-state index in [4.69, 9.17) is 4.42 Å². The van der Waals surface area contributed by atoms with Crippen molar-refractivity contribution in [1.82, 2.24) is 4.98 Å². The number of aromatic nitrogens is 1. The summed E-state index contributed by atoms with van der Waals surface area (Å²) in [5.41, 5.74) is 4.71. The van der Waals surface area contributed by atoms with E-state index in [1.807, 2.05) is 49.4 Å². The van der Waals surface area contributed by atoms with Crippen molar-refractivity contribution >= 4 is 23.0 Å². The summed E-state index contributed by atoms with van der Waals surface area (Å²) in [5.74, 6) is 0.544. The quantitative estimate of drug-likeness (QED) is 0.515. The molecule has 0 unspecified atom stereocenters. The van der Waals surface area contributed by atoms with Crippen molar-refractivity contribution in [2.75, 3.05) is 0 Å². The van der Waals surface area contributed by atoms with E-state index in [0.717, 1.165) is 5.56 Å². The number of phenols is 2. The van der Waals surface area contributed by atoms with Crippen molar-refractivity contribution in [1.29, 1.82) is 0 Å². The molecule has 0 amide bonds. The third-order valence-corrected chi connectivity index (χ3v) is 4.04. The smallest absolute Gasteiger partial charge is 0.227 e. The number of hydrogen-bond donors (Lipinski definition) is 2. The summed E-state index contributed by atoms with van der Waals surface area (Å²) in [5, 5.41) is 19.1. The fraction of sp³-hybridized carbons (Fsp3) is 0.0476. The van der Waals surface area contributed by atoms with E-state index in [0.29, 0.717) is 28.2 Å². The first-order valence-corrected chi connectivity index (χ1v) is 8.12. The number of fused-ring (bicyclic) bond motifs is 1. The third-order valence-electron chi connectivity index (χ3n) is 4.04. The van der Waals surface area contributed by atoms with Crippen LogP contribution in [0.4, 0.5) is 5.69 Å². The molecule has 0 radical (unpaired) electrons. The summed E-state index contributed by atoms with van der Waals surface area (Å²) in [4.78, 5) is 8.90. The van der Waals surface area contributed by atoms with Crippen LogP contribution in [0, 0.1) is 6.92 Å². The standard InChI is InChI=1S/C21H16N2O3/c1-13-2-4-14(5-3-13)21-23-18-10-16(7-9-20(18)26-21)22-12-15-6-8-17(24)11-19(15)25/h2-12,24-25H,1H3. The molecule has 0 atom stereocenters. The molecule has 5 heteroatoms. The monoisotopic (exact) mass is 344 g/mol. The molecule has 1 heterocycles. The lowest BCUT2D eigenvalue weighted by Crippen LogP contribution is -1.81. The molecule has 0 aliphatic carbocycles. The van der Waals surface area contributed by atoms with Gasteiger partial charge in [0.15, 0.2) is 5.58 Å². The Bertz CT molecular complexity index is 1110. The van der Waals surface area contributed by atoms with Crippen LogP contribution in [0.25, 0.3) is 22.6 Å². The van der Waals surface area contributed by atoms with Crippen molar-refractivity contribution in [3.05, 3.63) is 71.8 Å². The molecule has 0 bridgehead atoms. The van der Waals surface area contributed by atoms with Crippen LogP contribution in [0.1, 0.15) is 11.1 Å². The van der Waals surface area contributed by atoms with E-state index in [9.17, 15) is 10.2 Å². The second-order valence-electron chi connectivity index (χ2n) is 6.04. The average Bonchev–Trinajstić information content (AvgIpc) is 3.05. The third kappa shape index (κ3) is 3.15. The molecule has 4 aromatic rings. The second-order valence-corrected chi connectivity index (χ2v) is 6.04. The average molecular weight is 344 g/mol. The molecular weight excluding hydrogens is 328 g/mol. The van der Waals surface area contributed by atoms with Crippen molar-refractivity contribution in [2.24, 2.45) is 4.99 Å². The second kappa shape index (κ2) is 6.37. The molecule has 128 valence electrons. The van der Waals surface area contributed by atoms with Crippen LogP contribution in [-0.4, -0.2) is 21.4 Å². The summed E-state index contributed by atoms with van der Waals surface area (Å²) in [6, 6.07) is 17.8. The number of aliphatic imine (C=N–C) groups is 1. The number of phenolic OH excluding ortho intramolecular Hbond substituents is 2. The normalized spacial score (nSPS) is 11.4. The van der Waals surface area contributed by atoms with Crippen LogP contribution >= 0.6 is 0 Å². The van der Waals surface area contributed by atoms with E-state index in [-0.39, 0.29) is 11.5 Å². The maximum atomic E-state index is 9.81. The molecule has 1 aromatic heterocycles. The summed E-state index contributed by atoms with van der Waals surface area (Å²) in [7, 11) is 0. The predicted molar refractivity (Wildman–Crippen MR) is 101 cm³/mol. The zero-order valence-electron chi connectivity index (χ0n) is 14.0. The summed E-state index contributed by atoms with van der Waals surface area (Å²) >= 11 is 0. The maximum absolute atomic E-state index is 9.81. The van der Waals surface area contributed by atoms with E-state index < -0.39 is 0 Å². The number of aryl methyl sites for hydroxylation is 1. The number of benzene rings is 3. The summed E-state index contributed by atoms with van der Waals surface area (Å²) < 4.78 is 5.81. The number of oxazole rings is 1. The molecule has 5 nitrogen and oxygen atoms in total. The Morgan fingerprint density at radius 1 is 0.962 bits per heavy atom. The van der Waals surface area contributed by atoms with Gasteiger partial charge in [-0.25, -0.2) is 4.98 Å². The minimum Gasteiger partial charge on any atom is -0.508 e. The molecule has 0 saturated heterocycles. The first-order valence-electron chi connectivity index (χ1n) is 8.12. The Balaban J connectivity index is 1.65. The topological polar surface area (TPSA) is 78.9 Å². The first kappa shape index (κ1) is 15.9. The summed E-state index contributed by atoms with van der Waals surface area (Å²) in [6.07, 6.45) is 1.54. The molecule has 0 fully saturated rings. The van der Waals surface area contributed by atoms with Gasteiger partial charge < -0.3 is 14.6 Å². The number of hydrogen-bond acceptors (Lipinski definition) is 5. The Morgan fingerprint density at radius 2 is 1.77 bits per heavy atom. The fourth-order valence-corrected chi connectivity index (χ4v) is 2.60. The molecular formula is C21H16N2O3. The van der Waals surface area contributed by atoms with Gasteiger partial charge in [-0.15, -0.1) is 0 Å². The fourth-order valence-electron chi connectivity index (χ4n) is 2.60. The highest BCUT2D eigenvalue weighted by atomic mass is 16.3. The Hall–Kier alpha value is -3.60. The Labute approximate surface area is 149 Å². The van der Waals surface area contributed by atoms with Gasteiger partial charge >= 0.3 is 0 Å². The van der Waals surface area contributed by atoms with Gasteiger partial charge in [-0.05, 0) is 49.4 Å². The van der Waals surface area contributed by atoms with Gasteiger partial charge in [0.25, 0.3) is 0 Å². The highest BCUT2D eigenvalue weighted by Gasteiger charge is 2.08. The number of rotatable bonds is 3.